The van der Waals surface area contributed by atoms with Gasteiger partial charge in [0.15, 0.2) is 10.8 Å². The van der Waals surface area contributed by atoms with Gasteiger partial charge in [-0.2, -0.15) is 0 Å². The Morgan fingerprint density at radius 2 is 2.24 bits per heavy atom. The van der Waals surface area contributed by atoms with Crippen LogP contribution in [0.15, 0.2) is 40.8 Å². The van der Waals surface area contributed by atoms with Crippen molar-refractivity contribution in [1.29, 1.82) is 0 Å². The molecule has 6 heteroatoms. The predicted octanol–water partition coefficient (Wildman–Crippen LogP) is 3.56. The van der Waals surface area contributed by atoms with Gasteiger partial charge in [-0.25, -0.2) is 4.98 Å². The molecule has 1 aliphatic rings. The number of para-hydroxylation sites is 1. The number of furan rings is 1. The second kappa shape index (κ2) is 7.37. The minimum absolute atomic E-state index is 0.0878. The molecule has 25 heavy (non-hydrogen) atoms. The van der Waals surface area contributed by atoms with Crippen molar-refractivity contribution in [3.63, 3.8) is 0 Å². The average molecular weight is 355 g/mol. The molecule has 2 aromatic heterocycles. The average Bonchev–Trinajstić information content (AvgIpc) is 3.38. The quantitative estimate of drug-likeness (QED) is 0.709. The Bertz CT molecular complexity index is 831. The van der Waals surface area contributed by atoms with Crippen LogP contribution >= 0.6 is 11.3 Å². The van der Waals surface area contributed by atoms with Gasteiger partial charge in [-0.05, 0) is 56.1 Å². The van der Waals surface area contributed by atoms with Crippen LogP contribution in [0.25, 0.3) is 21.0 Å². The van der Waals surface area contributed by atoms with E-state index < -0.39 is 0 Å². The van der Waals surface area contributed by atoms with Crippen LogP contribution in [0.2, 0.25) is 0 Å². The number of hydrogen-bond donors (Lipinski definition) is 2. The van der Waals surface area contributed by atoms with Crippen molar-refractivity contribution < 1.29 is 9.21 Å². The van der Waals surface area contributed by atoms with Crippen LogP contribution in [0.5, 0.6) is 0 Å². The fraction of sp³-hybridized carbons (Fsp3) is 0.368. The van der Waals surface area contributed by atoms with E-state index in [1.807, 2.05) is 30.3 Å². The Hall–Kier alpha value is -2.18. The maximum atomic E-state index is 12.0. The highest BCUT2D eigenvalue weighted by Gasteiger charge is 2.16. The smallest absolute Gasteiger partial charge is 0.220 e. The number of nitrogens with zero attached hydrogens (tertiary/aromatic N) is 1. The van der Waals surface area contributed by atoms with Crippen LogP contribution in [-0.2, 0) is 11.3 Å². The molecule has 1 fully saturated rings. The van der Waals surface area contributed by atoms with Crippen molar-refractivity contribution in [2.75, 3.05) is 13.1 Å². The number of benzene rings is 1. The number of thiazole rings is 1. The van der Waals surface area contributed by atoms with E-state index >= 15 is 0 Å². The predicted molar refractivity (Wildman–Crippen MR) is 99.4 cm³/mol. The molecular formula is C19H21N3O2S. The molecule has 3 heterocycles. The lowest BCUT2D eigenvalue weighted by Gasteiger charge is -2.07. The summed E-state index contributed by atoms with van der Waals surface area (Å²) in [6.45, 7) is 2.54. The van der Waals surface area contributed by atoms with Crippen LogP contribution < -0.4 is 10.6 Å². The van der Waals surface area contributed by atoms with Gasteiger partial charge < -0.3 is 15.1 Å². The van der Waals surface area contributed by atoms with Crippen molar-refractivity contribution in [2.45, 2.75) is 25.8 Å². The molecule has 4 rings (SSSR count). The lowest BCUT2D eigenvalue weighted by atomic mass is 10.0. The summed E-state index contributed by atoms with van der Waals surface area (Å²) in [5, 5.41) is 7.14. The van der Waals surface area contributed by atoms with Crippen molar-refractivity contribution in [2.24, 2.45) is 5.92 Å². The standard InChI is InChI=1S/C19H21N3O2S/c23-18(8-5-13-9-10-20-11-13)21-12-14-6-7-16(24-14)19-22-15-3-1-2-4-17(15)25-19/h1-4,6-7,13,20H,5,8-12H2,(H,21,23). The van der Waals surface area contributed by atoms with Gasteiger partial charge in [0.05, 0.1) is 16.8 Å². The molecule has 0 spiro atoms. The molecule has 130 valence electrons. The molecule has 0 aliphatic carbocycles. The number of amides is 1. The zero-order valence-electron chi connectivity index (χ0n) is 14.0. The highest BCUT2D eigenvalue weighted by Crippen LogP contribution is 2.31. The first-order valence-corrected chi connectivity index (χ1v) is 9.51. The first-order chi connectivity index (χ1) is 12.3. The second-order valence-corrected chi connectivity index (χ2v) is 7.46. The van der Waals surface area contributed by atoms with Gasteiger partial charge in [-0.3, -0.25) is 4.79 Å². The molecule has 1 atom stereocenters. The fourth-order valence-electron chi connectivity index (χ4n) is 3.14. The van der Waals surface area contributed by atoms with Crippen LogP contribution in [0, 0.1) is 5.92 Å². The number of aromatic nitrogens is 1. The van der Waals surface area contributed by atoms with Gasteiger partial charge in [0.1, 0.15) is 5.76 Å². The third-order valence-corrected chi connectivity index (χ3v) is 5.62. The maximum Gasteiger partial charge on any atom is 0.220 e. The van der Waals surface area contributed by atoms with Crippen molar-refractivity contribution in [3.05, 3.63) is 42.2 Å². The van der Waals surface area contributed by atoms with E-state index in [1.54, 1.807) is 11.3 Å². The highest BCUT2D eigenvalue weighted by molar-refractivity contribution is 7.21. The highest BCUT2D eigenvalue weighted by atomic mass is 32.1. The Balaban J connectivity index is 1.32. The molecule has 3 aromatic rings. The minimum atomic E-state index is 0.0878. The SMILES string of the molecule is O=C(CCC1CCNC1)NCc1ccc(-c2nc3ccccc3s2)o1. The van der Waals surface area contributed by atoms with E-state index in [9.17, 15) is 4.79 Å². The first kappa shape index (κ1) is 16.3. The van der Waals surface area contributed by atoms with E-state index in [0.29, 0.717) is 18.9 Å². The lowest BCUT2D eigenvalue weighted by molar-refractivity contribution is -0.121. The fourth-order valence-corrected chi connectivity index (χ4v) is 4.06. The number of carbonyl (C=O) groups excluding carboxylic acids is 1. The molecule has 1 aromatic carbocycles. The summed E-state index contributed by atoms with van der Waals surface area (Å²) in [7, 11) is 0. The maximum absolute atomic E-state index is 12.0. The first-order valence-electron chi connectivity index (χ1n) is 8.70. The van der Waals surface area contributed by atoms with Crippen molar-refractivity contribution >= 4 is 27.5 Å². The third-order valence-electron chi connectivity index (χ3n) is 4.57. The summed E-state index contributed by atoms with van der Waals surface area (Å²) in [6.07, 6.45) is 2.71. The third kappa shape index (κ3) is 3.91. The van der Waals surface area contributed by atoms with Crippen molar-refractivity contribution in [3.8, 4) is 10.8 Å². The number of fused-ring (bicyclic) bond motifs is 1. The van der Waals surface area contributed by atoms with Crippen molar-refractivity contribution in [1.82, 2.24) is 15.6 Å². The molecule has 1 unspecified atom stereocenters. The monoisotopic (exact) mass is 355 g/mol. The summed E-state index contributed by atoms with van der Waals surface area (Å²) in [4.78, 5) is 16.6. The van der Waals surface area contributed by atoms with Crippen LogP contribution in [0.1, 0.15) is 25.0 Å². The van der Waals surface area contributed by atoms with E-state index in [1.165, 1.54) is 6.42 Å². The Morgan fingerprint density at radius 1 is 1.32 bits per heavy atom. The molecule has 1 amide bonds. The zero-order valence-corrected chi connectivity index (χ0v) is 14.8. The van der Waals surface area contributed by atoms with Gasteiger partial charge in [0, 0.05) is 6.42 Å². The summed E-state index contributed by atoms with van der Waals surface area (Å²) in [6, 6.07) is 11.9. The molecule has 5 nitrogen and oxygen atoms in total. The molecule has 1 aliphatic heterocycles. The molecule has 0 radical (unpaired) electrons. The molecule has 1 saturated heterocycles. The Kier molecular flexibility index (Phi) is 4.81. The largest absolute Gasteiger partial charge is 0.457 e. The van der Waals surface area contributed by atoms with E-state index in [-0.39, 0.29) is 5.91 Å². The van der Waals surface area contributed by atoms with Crippen LogP contribution in [-0.4, -0.2) is 24.0 Å². The van der Waals surface area contributed by atoms with E-state index in [2.05, 4.69) is 21.7 Å². The van der Waals surface area contributed by atoms with Gasteiger partial charge in [0.2, 0.25) is 5.91 Å². The van der Waals surface area contributed by atoms with E-state index in [4.69, 9.17) is 4.42 Å². The molecular weight excluding hydrogens is 334 g/mol. The summed E-state index contributed by atoms with van der Waals surface area (Å²) < 4.78 is 6.99. The summed E-state index contributed by atoms with van der Waals surface area (Å²) in [5.74, 6) is 2.23. The zero-order chi connectivity index (χ0) is 17.1. The van der Waals surface area contributed by atoms with Gasteiger partial charge in [-0.15, -0.1) is 11.3 Å². The summed E-state index contributed by atoms with van der Waals surface area (Å²) in [5.41, 5.74) is 0.982. The molecule has 0 saturated carbocycles. The van der Waals surface area contributed by atoms with Gasteiger partial charge in [0.25, 0.3) is 0 Å². The molecule has 2 N–H and O–H groups in total. The number of hydrogen-bond acceptors (Lipinski definition) is 5. The topological polar surface area (TPSA) is 67.2 Å². The van der Waals surface area contributed by atoms with Gasteiger partial charge >= 0.3 is 0 Å². The number of carbonyl (C=O) groups is 1. The van der Waals surface area contributed by atoms with Crippen LogP contribution in [0.3, 0.4) is 0 Å². The normalized spacial score (nSPS) is 17.2. The van der Waals surface area contributed by atoms with Crippen LogP contribution in [0.4, 0.5) is 0 Å². The lowest BCUT2D eigenvalue weighted by Crippen LogP contribution is -2.23. The van der Waals surface area contributed by atoms with E-state index in [0.717, 1.165) is 46.3 Å². The second-order valence-electron chi connectivity index (χ2n) is 6.43. The van der Waals surface area contributed by atoms with Gasteiger partial charge in [-0.1, -0.05) is 12.1 Å². The number of rotatable bonds is 6. The molecule has 0 bridgehead atoms. The summed E-state index contributed by atoms with van der Waals surface area (Å²) >= 11 is 1.61. The Morgan fingerprint density at radius 3 is 3.08 bits per heavy atom. The Labute approximate surface area is 150 Å². The minimum Gasteiger partial charge on any atom is -0.457 e. The number of nitrogens with one attached hydrogen (secondary N) is 2.